The number of anilines is 1. The number of hydrogen-bond donors (Lipinski definition) is 2. The van der Waals surface area contributed by atoms with E-state index in [4.69, 9.17) is 18.0 Å². The molecule has 0 saturated heterocycles. The molecule has 0 radical (unpaired) electrons. The molecule has 0 amide bonds. The lowest BCUT2D eigenvalue weighted by Crippen LogP contribution is -2.28. The summed E-state index contributed by atoms with van der Waals surface area (Å²) in [5, 5.41) is 3.14. The Morgan fingerprint density at radius 3 is 2.64 bits per heavy atom. The van der Waals surface area contributed by atoms with Crippen molar-refractivity contribution in [1.82, 2.24) is 9.97 Å². The molecule has 1 aromatic heterocycles. The van der Waals surface area contributed by atoms with Crippen molar-refractivity contribution in [2.75, 3.05) is 5.32 Å². The Morgan fingerprint density at radius 2 is 2.14 bits per heavy atom. The molecule has 1 rings (SSSR count). The molecule has 14 heavy (non-hydrogen) atoms. The summed E-state index contributed by atoms with van der Waals surface area (Å²) in [5.41, 5.74) is 5.97. The monoisotopic (exact) mass is 210 g/mol. The van der Waals surface area contributed by atoms with E-state index in [0.717, 1.165) is 0 Å². The highest BCUT2D eigenvalue weighted by Gasteiger charge is 2.11. The van der Waals surface area contributed by atoms with Crippen LogP contribution in [0.25, 0.3) is 0 Å². The van der Waals surface area contributed by atoms with E-state index < -0.39 is 0 Å². The van der Waals surface area contributed by atoms with E-state index in [9.17, 15) is 0 Å². The molecule has 0 saturated carbocycles. The second kappa shape index (κ2) is 3.88. The fourth-order valence-corrected chi connectivity index (χ4v) is 1.01. The summed E-state index contributed by atoms with van der Waals surface area (Å²) in [5.74, 6) is 0.544. The second-order valence-electron chi connectivity index (χ2n) is 4.00. The molecular weight excluding hydrogens is 196 g/mol. The van der Waals surface area contributed by atoms with Gasteiger partial charge < -0.3 is 11.1 Å². The molecule has 3 N–H and O–H groups in total. The van der Waals surface area contributed by atoms with Crippen LogP contribution >= 0.6 is 12.2 Å². The zero-order chi connectivity index (χ0) is 10.8. The summed E-state index contributed by atoms with van der Waals surface area (Å²) >= 11 is 4.82. The number of nitrogens with two attached hydrogens (primary N) is 1. The summed E-state index contributed by atoms with van der Waals surface area (Å²) in [6.07, 6.45) is 1.63. The van der Waals surface area contributed by atoms with Gasteiger partial charge in [-0.2, -0.15) is 0 Å². The van der Waals surface area contributed by atoms with Crippen molar-refractivity contribution < 1.29 is 0 Å². The first-order valence-electron chi connectivity index (χ1n) is 4.29. The average Bonchev–Trinajstić information content (AvgIpc) is 2.01. The fraction of sp³-hybridized carbons (Fsp3) is 0.444. The van der Waals surface area contributed by atoms with Gasteiger partial charge in [0.25, 0.3) is 0 Å². The summed E-state index contributed by atoms with van der Waals surface area (Å²) in [7, 11) is 0. The van der Waals surface area contributed by atoms with Crippen molar-refractivity contribution in [1.29, 1.82) is 0 Å². The molecule has 0 unspecified atom stereocenters. The van der Waals surface area contributed by atoms with Gasteiger partial charge in [0, 0.05) is 11.7 Å². The number of nitrogens with zero attached hydrogens (tertiary/aromatic N) is 2. The van der Waals surface area contributed by atoms with Gasteiger partial charge in [-0.05, 0) is 26.8 Å². The molecule has 0 atom stereocenters. The molecule has 4 nitrogen and oxygen atoms in total. The standard InChI is InChI=1S/C9H14N4S/c1-9(2,3)13-8-11-5-4-6(12-8)7(10)14/h4-5H,1-3H3,(H2,10,14)(H,11,12,13). The molecule has 0 aliphatic heterocycles. The molecule has 5 heteroatoms. The minimum atomic E-state index is -0.0746. The van der Waals surface area contributed by atoms with Crippen LogP contribution in [0.5, 0.6) is 0 Å². The number of hydrogen-bond acceptors (Lipinski definition) is 4. The number of aromatic nitrogens is 2. The minimum absolute atomic E-state index is 0.0746. The van der Waals surface area contributed by atoms with Crippen LogP contribution in [0.2, 0.25) is 0 Å². The van der Waals surface area contributed by atoms with Gasteiger partial charge in [0.15, 0.2) is 0 Å². The normalized spacial score (nSPS) is 11.1. The summed E-state index contributed by atoms with van der Waals surface area (Å²) in [4.78, 5) is 8.52. The van der Waals surface area contributed by atoms with Crippen LogP contribution < -0.4 is 11.1 Å². The molecule has 0 bridgehead atoms. The summed E-state index contributed by atoms with van der Waals surface area (Å²) < 4.78 is 0. The predicted octanol–water partition coefficient (Wildman–Crippen LogP) is 1.32. The first kappa shape index (κ1) is 10.8. The molecular formula is C9H14N4S. The number of rotatable bonds is 2. The van der Waals surface area contributed by atoms with Gasteiger partial charge in [0.05, 0.1) is 0 Å². The van der Waals surface area contributed by atoms with Gasteiger partial charge >= 0.3 is 0 Å². The molecule has 0 aliphatic rings. The Labute approximate surface area is 88.9 Å². The topological polar surface area (TPSA) is 63.8 Å². The van der Waals surface area contributed by atoms with E-state index in [0.29, 0.717) is 11.6 Å². The first-order valence-corrected chi connectivity index (χ1v) is 4.70. The predicted molar refractivity (Wildman–Crippen MR) is 61.3 cm³/mol. The van der Waals surface area contributed by atoms with Crippen LogP contribution in [-0.4, -0.2) is 20.5 Å². The van der Waals surface area contributed by atoms with Gasteiger partial charge in [-0.25, -0.2) is 9.97 Å². The van der Waals surface area contributed by atoms with Crippen LogP contribution in [0.1, 0.15) is 26.5 Å². The van der Waals surface area contributed by atoms with Gasteiger partial charge in [0.1, 0.15) is 10.7 Å². The Hall–Kier alpha value is -1.23. The van der Waals surface area contributed by atoms with E-state index in [1.54, 1.807) is 12.3 Å². The lowest BCUT2D eigenvalue weighted by atomic mass is 10.1. The van der Waals surface area contributed by atoms with Crippen molar-refractivity contribution in [3.8, 4) is 0 Å². The van der Waals surface area contributed by atoms with Crippen LogP contribution in [0.4, 0.5) is 5.95 Å². The van der Waals surface area contributed by atoms with Crippen molar-refractivity contribution >= 4 is 23.2 Å². The van der Waals surface area contributed by atoms with Gasteiger partial charge in [-0.1, -0.05) is 12.2 Å². The highest BCUT2D eigenvalue weighted by molar-refractivity contribution is 7.80. The zero-order valence-electron chi connectivity index (χ0n) is 8.53. The SMILES string of the molecule is CC(C)(C)Nc1nccc(C(N)=S)n1. The quantitative estimate of drug-likeness (QED) is 0.721. The van der Waals surface area contributed by atoms with Gasteiger partial charge in [0.2, 0.25) is 5.95 Å². The van der Waals surface area contributed by atoms with E-state index in [2.05, 4.69) is 15.3 Å². The Bertz CT molecular complexity index is 343. The maximum atomic E-state index is 5.46. The molecule has 0 fully saturated rings. The number of nitrogens with one attached hydrogen (secondary N) is 1. The van der Waals surface area contributed by atoms with Crippen molar-refractivity contribution in [2.24, 2.45) is 5.73 Å². The lowest BCUT2D eigenvalue weighted by molar-refractivity contribution is 0.626. The molecule has 1 heterocycles. The molecule has 0 aliphatic carbocycles. The smallest absolute Gasteiger partial charge is 0.223 e. The zero-order valence-corrected chi connectivity index (χ0v) is 9.35. The molecule has 76 valence electrons. The van der Waals surface area contributed by atoms with E-state index in [1.807, 2.05) is 20.8 Å². The Kier molecular flexibility index (Phi) is 3.00. The van der Waals surface area contributed by atoms with Crippen molar-refractivity contribution in [2.45, 2.75) is 26.3 Å². The van der Waals surface area contributed by atoms with Crippen LogP contribution in [0.15, 0.2) is 12.3 Å². The Morgan fingerprint density at radius 1 is 1.50 bits per heavy atom. The van der Waals surface area contributed by atoms with Crippen molar-refractivity contribution in [3.63, 3.8) is 0 Å². The van der Waals surface area contributed by atoms with Gasteiger partial charge in [-0.3, -0.25) is 0 Å². The summed E-state index contributed by atoms with van der Waals surface area (Å²) in [6, 6.07) is 1.69. The van der Waals surface area contributed by atoms with E-state index in [-0.39, 0.29) is 10.5 Å². The third-order valence-electron chi connectivity index (χ3n) is 1.39. The molecule has 0 spiro atoms. The largest absolute Gasteiger partial charge is 0.388 e. The third-order valence-corrected chi connectivity index (χ3v) is 1.60. The van der Waals surface area contributed by atoms with Crippen LogP contribution in [0.3, 0.4) is 0 Å². The van der Waals surface area contributed by atoms with E-state index >= 15 is 0 Å². The Balaban J connectivity index is 2.89. The maximum absolute atomic E-state index is 5.46. The average molecular weight is 210 g/mol. The third kappa shape index (κ3) is 3.26. The minimum Gasteiger partial charge on any atom is -0.388 e. The van der Waals surface area contributed by atoms with Gasteiger partial charge in [-0.15, -0.1) is 0 Å². The fourth-order valence-electron chi connectivity index (χ4n) is 0.892. The van der Waals surface area contributed by atoms with E-state index in [1.165, 1.54) is 0 Å². The highest BCUT2D eigenvalue weighted by Crippen LogP contribution is 2.09. The maximum Gasteiger partial charge on any atom is 0.223 e. The van der Waals surface area contributed by atoms with Crippen LogP contribution in [-0.2, 0) is 0 Å². The summed E-state index contributed by atoms with van der Waals surface area (Å²) in [6.45, 7) is 6.09. The lowest BCUT2D eigenvalue weighted by Gasteiger charge is -2.20. The van der Waals surface area contributed by atoms with Crippen molar-refractivity contribution in [3.05, 3.63) is 18.0 Å². The highest BCUT2D eigenvalue weighted by atomic mass is 32.1. The molecule has 0 aromatic carbocycles. The first-order chi connectivity index (χ1) is 6.38. The molecule has 1 aromatic rings. The second-order valence-corrected chi connectivity index (χ2v) is 4.44. The van der Waals surface area contributed by atoms with Crippen LogP contribution in [0, 0.1) is 0 Å². The number of thiocarbonyl (C=S) groups is 1.